The predicted octanol–water partition coefficient (Wildman–Crippen LogP) is -0.573. The number of aromatic carboxylic acids is 1. The molecule has 1 N–H and O–H groups in total. The maximum absolute atomic E-state index is 10.8. The number of hydrogen-bond donors (Lipinski definition) is 1. The zero-order chi connectivity index (χ0) is 9.30. The van der Waals surface area contributed by atoms with Gasteiger partial charge in [0.1, 0.15) is 0 Å². The second-order valence-corrected chi connectivity index (χ2v) is 3.08. The molecule has 66 valence electrons. The van der Waals surface area contributed by atoms with Gasteiger partial charge in [0.05, 0.1) is 5.56 Å². The number of carboxylic acids is 1. The average Bonchev–Trinajstić information content (AvgIpc) is 1.82. The van der Waals surface area contributed by atoms with E-state index in [-0.39, 0.29) is 31.0 Å². The van der Waals surface area contributed by atoms with Crippen LogP contribution in [0.3, 0.4) is 0 Å². The van der Waals surface area contributed by atoms with Crippen LogP contribution in [0.5, 0.6) is 0 Å². The van der Waals surface area contributed by atoms with E-state index in [0.29, 0.717) is 5.56 Å². The summed E-state index contributed by atoms with van der Waals surface area (Å²) in [5.74, 6) is -0.843. The topological polar surface area (TPSA) is 37.3 Å². The molecular formula is C10H13NaO2. The Morgan fingerprint density at radius 3 is 1.92 bits per heavy atom. The molecule has 1 rings (SSSR count). The molecular weight excluding hydrogens is 175 g/mol. The molecule has 0 aliphatic carbocycles. The largest absolute Gasteiger partial charge is 1.00 e. The van der Waals surface area contributed by atoms with Crippen molar-refractivity contribution in [2.75, 3.05) is 0 Å². The van der Waals surface area contributed by atoms with E-state index in [1.54, 1.807) is 0 Å². The van der Waals surface area contributed by atoms with E-state index in [9.17, 15) is 4.79 Å². The van der Waals surface area contributed by atoms with Crippen molar-refractivity contribution in [1.82, 2.24) is 0 Å². The van der Waals surface area contributed by atoms with Crippen LogP contribution in [0.25, 0.3) is 0 Å². The van der Waals surface area contributed by atoms with Crippen molar-refractivity contribution in [3.8, 4) is 0 Å². The maximum atomic E-state index is 10.8. The Bertz CT molecular complexity index is 314. The van der Waals surface area contributed by atoms with Crippen molar-refractivity contribution in [2.45, 2.75) is 20.8 Å². The first-order valence-electron chi connectivity index (χ1n) is 3.83. The summed E-state index contributed by atoms with van der Waals surface area (Å²) in [6.45, 7) is 5.61. The summed E-state index contributed by atoms with van der Waals surface area (Å²) < 4.78 is 0. The molecule has 0 saturated carbocycles. The third kappa shape index (κ3) is 2.83. The average molecular weight is 188 g/mol. The van der Waals surface area contributed by atoms with Gasteiger partial charge >= 0.3 is 35.5 Å². The number of rotatable bonds is 1. The second kappa shape index (κ2) is 4.80. The van der Waals surface area contributed by atoms with E-state index in [2.05, 4.69) is 0 Å². The first-order valence-corrected chi connectivity index (χ1v) is 3.83. The van der Waals surface area contributed by atoms with E-state index >= 15 is 0 Å². The Kier molecular flexibility index (Phi) is 4.68. The van der Waals surface area contributed by atoms with Gasteiger partial charge in [-0.2, -0.15) is 0 Å². The Balaban J connectivity index is 0. The minimum atomic E-state index is -0.843. The van der Waals surface area contributed by atoms with Crippen LogP contribution in [-0.4, -0.2) is 11.1 Å². The van der Waals surface area contributed by atoms with Gasteiger partial charge < -0.3 is 6.53 Å². The predicted molar refractivity (Wildman–Crippen MR) is 48.7 cm³/mol. The van der Waals surface area contributed by atoms with Crippen LogP contribution in [-0.2, 0) is 0 Å². The van der Waals surface area contributed by atoms with Crippen LogP contribution >= 0.6 is 0 Å². The molecule has 0 unspecified atom stereocenters. The van der Waals surface area contributed by atoms with E-state index < -0.39 is 5.97 Å². The smallest absolute Gasteiger partial charge is 1.00 e. The zero-order valence-corrected chi connectivity index (χ0v) is 10.5. The van der Waals surface area contributed by atoms with Crippen LogP contribution in [0.2, 0.25) is 0 Å². The van der Waals surface area contributed by atoms with Gasteiger partial charge in [-0.1, -0.05) is 17.7 Å². The molecule has 1 aromatic rings. The molecule has 0 fully saturated rings. The van der Waals surface area contributed by atoms with Gasteiger partial charge in [-0.15, -0.1) is 0 Å². The molecule has 0 radical (unpaired) electrons. The molecule has 0 atom stereocenters. The Morgan fingerprint density at radius 1 is 1.23 bits per heavy atom. The van der Waals surface area contributed by atoms with E-state index in [0.717, 1.165) is 16.7 Å². The van der Waals surface area contributed by atoms with Gasteiger partial charge in [0, 0.05) is 0 Å². The van der Waals surface area contributed by atoms with Crippen molar-refractivity contribution in [3.05, 3.63) is 34.4 Å². The summed E-state index contributed by atoms with van der Waals surface area (Å²) in [5, 5.41) is 8.84. The summed E-state index contributed by atoms with van der Waals surface area (Å²) in [5.41, 5.74) is 3.20. The molecule has 1 aromatic carbocycles. The van der Waals surface area contributed by atoms with Gasteiger partial charge in [-0.3, -0.25) is 0 Å². The molecule has 0 amide bonds. The summed E-state index contributed by atoms with van der Waals surface area (Å²) in [7, 11) is 0. The molecule has 0 spiro atoms. The minimum absolute atomic E-state index is 0. The van der Waals surface area contributed by atoms with Gasteiger partial charge in [0.2, 0.25) is 0 Å². The normalized spacial score (nSPS) is 9.15. The summed E-state index contributed by atoms with van der Waals surface area (Å²) >= 11 is 0. The molecule has 13 heavy (non-hydrogen) atoms. The van der Waals surface area contributed by atoms with Gasteiger partial charge in [0.25, 0.3) is 0 Å². The van der Waals surface area contributed by atoms with Crippen molar-refractivity contribution in [2.24, 2.45) is 0 Å². The standard InChI is InChI=1S/C10H12O2.Na.H/c1-6-4-7(2)9(10(11)12)8(3)5-6;;/h4-5H,1-3H3,(H,11,12);;/q;+1;-1. The van der Waals surface area contributed by atoms with Crippen LogP contribution in [0.4, 0.5) is 0 Å². The van der Waals surface area contributed by atoms with Gasteiger partial charge in [-0.25, -0.2) is 4.79 Å². The maximum Gasteiger partial charge on any atom is 1.00 e. The molecule has 0 aliphatic rings. The molecule has 0 bridgehead atoms. The van der Waals surface area contributed by atoms with Crippen molar-refractivity contribution in [3.63, 3.8) is 0 Å². The molecule has 0 aromatic heterocycles. The number of carboxylic acid groups (broad SMARTS) is 1. The van der Waals surface area contributed by atoms with E-state index in [1.807, 2.05) is 32.9 Å². The SMILES string of the molecule is Cc1cc(C)c(C(=O)O)c(C)c1.[H-].[Na+]. The minimum Gasteiger partial charge on any atom is -1.00 e. The second-order valence-electron chi connectivity index (χ2n) is 3.08. The third-order valence-electron chi connectivity index (χ3n) is 1.89. The fourth-order valence-corrected chi connectivity index (χ4v) is 1.52. The van der Waals surface area contributed by atoms with Crippen LogP contribution in [0.1, 0.15) is 28.5 Å². The Labute approximate surface area is 102 Å². The van der Waals surface area contributed by atoms with Crippen molar-refractivity contribution in [1.29, 1.82) is 0 Å². The Hall–Kier alpha value is -0.310. The van der Waals surface area contributed by atoms with E-state index in [4.69, 9.17) is 5.11 Å². The van der Waals surface area contributed by atoms with Crippen LogP contribution in [0.15, 0.2) is 12.1 Å². The quantitative estimate of drug-likeness (QED) is 0.599. The fraction of sp³-hybridized carbons (Fsp3) is 0.300. The first-order chi connectivity index (χ1) is 5.52. The zero-order valence-electron chi connectivity index (χ0n) is 9.51. The summed E-state index contributed by atoms with van der Waals surface area (Å²) in [6, 6.07) is 3.77. The van der Waals surface area contributed by atoms with Crippen LogP contribution < -0.4 is 29.6 Å². The number of hydrogen-bond acceptors (Lipinski definition) is 1. The molecule has 0 heterocycles. The monoisotopic (exact) mass is 188 g/mol. The third-order valence-corrected chi connectivity index (χ3v) is 1.89. The Morgan fingerprint density at radius 2 is 1.62 bits per heavy atom. The number of carbonyl (C=O) groups is 1. The first kappa shape index (κ1) is 12.7. The number of benzene rings is 1. The van der Waals surface area contributed by atoms with Gasteiger partial charge in [0.15, 0.2) is 0 Å². The van der Waals surface area contributed by atoms with Crippen molar-refractivity contribution >= 4 is 5.97 Å². The molecule has 0 saturated heterocycles. The van der Waals surface area contributed by atoms with E-state index in [1.165, 1.54) is 0 Å². The summed E-state index contributed by atoms with van der Waals surface area (Å²) in [4.78, 5) is 10.8. The van der Waals surface area contributed by atoms with Crippen LogP contribution in [0, 0.1) is 20.8 Å². The molecule has 2 nitrogen and oxygen atoms in total. The molecule has 3 heteroatoms. The summed E-state index contributed by atoms with van der Waals surface area (Å²) in [6.07, 6.45) is 0. The number of aryl methyl sites for hydroxylation is 3. The van der Waals surface area contributed by atoms with Gasteiger partial charge in [-0.05, 0) is 31.9 Å². The van der Waals surface area contributed by atoms with Crippen molar-refractivity contribution < 1.29 is 40.9 Å². The molecule has 0 aliphatic heterocycles. The fourth-order valence-electron chi connectivity index (χ4n) is 1.52.